The SMILES string of the molecule is COc1cc(C=NNC(=O)c2nonc2N)ccc1OC(=O)c1cc(F)c(F)cc1Cl. The van der Waals surface area contributed by atoms with Crippen molar-refractivity contribution in [3.8, 4) is 11.5 Å². The number of hydrazone groups is 1. The molecule has 0 saturated carbocycles. The van der Waals surface area contributed by atoms with Gasteiger partial charge in [-0.05, 0) is 46.2 Å². The molecule has 0 aliphatic rings. The van der Waals surface area contributed by atoms with E-state index in [-0.39, 0.29) is 33.6 Å². The molecule has 0 aliphatic carbocycles. The third-order valence-corrected chi connectivity index (χ3v) is 4.04. The number of nitrogens with two attached hydrogens (primary N) is 1. The zero-order valence-corrected chi connectivity index (χ0v) is 16.3. The van der Waals surface area contributed by atoms with E-state index in [2.05, 4.69) is 25.5 Å². The van der Waals surface area contributed by atoms with Crippen LogP contribution in [0.15, 0.2) is 40.1 Å². The Balaban J connectivity index is 1.72. The van der Waals surface area contributed by atoms with Crippen molar-refractivity contribution in [1.29, 1.82) is 0 Å². The molecule has 2 aromatic carbocycles. The lowest BCUT2D eigenvalue weighted by Gasteiger charge is -2.11. The zero-order chi connectivity index (χ0) is 22.5. The summed E-state index contributed by atoms with van der Waals surface area (Å²) in [6, 6.07) is 5.60. The predicted octanol–water partition coefficient (Wildman–Crippen LogP) is 2.58. The van der Waals surface area contributed by atoms with E-state index in [0.29, 0.717) is 17.7 Å². The first-order valence-electron chi connectivity index (χ1n) is 8.26. The molecule has 1 heterocycles. The van der Waals surface area contributed by atoms with Gasteiger partial charge in [0.05, 0.1) is 23.9 Å². The molecule has 0 atom stereocenters. The number of nitrogens with one attached hydrogen (secondary N) is 1. The summed E-state index contributed by atoms with van der Waals surface area (Å²) in [6.45, 7) is 0. The minimum absolute atomic E-state index is 0.0177. The van der Waals surface area contributed by atoms with Crippen LogP contribution < -0.4 is 20.6 Å². The third kappa shape index (κ3) is 4.93. The van der Waals surface area contributed by atoms with Gasteiger partial charge in [-0.1, -0.05) is 11.6 Å². The summed E-state index contributed by atoms with van der Waals surface area (Å²) in [7, 11) is 1.32. The summed E-state index contributed by atoms with van der Waals surface area (Å²) < 4.78 is 41.2. The first-order chi connectivity index (χ1) is 14.8. The molecule has 3 rings (SSSR count). The first-order valence-corrected chi connectivity index (χ1v) is 8.64. The van der Waals surface area contributed by atoms with Crippen molar-refractivity contribution >= 4 is 35.5 Å². The first kappa shape index (κ1) is 21.6. The quantitative estimate of drug-likeness (QED) is 0.191. The lowest BCUT2D eigenvalue weighted by molar-refractivity contribution is 0.0729. The highest BCUT2D eigenvalue weighted by Crippen LogP contribution is 2.29. The van der Waals surface area contributed by atoms with E-state index in [1.165, 1.54) is 31.5 Å². The molecule has 0 unspecified atom stereocenters. The molecular weight excluding hydrogens is 440 g/mol. The number of halogens is 3. The fraction of sp³-hybridized carbons (Fsp3) is 0.0556. The van der Waals surface area contributed by atoms with Crippen molar-refractivity contribution in [2.24, 2.45) is 5.10 Å². The molecule has 1 amide bonds. The van der Waals surface area contributed by atoms with Gasteiger partial charge in [-0.25, -0.2) is 23.6 Å². The second-order valence-corrected chi connectivity index (χ2v) is 6.15. The minimum Gasteiger partial charge on any atom is -0.493 e. The summed E-state index contributed by atoms with van der Waals surface area (Å²) in [5, 5.41) is 10.0. The summed E-state index contributed by atoms with van der Waals surface area (Å²) in [6.07, 6.45) is 1.27. The number of benzene rings is 2. The molecule has 0 saturated heterocycles. The highest BCUT2D eigenvalue weighted by atomic mass is 35.5. The monoisotopic (exact) mass is 451 g/mol. The molecule has 0 spiro atoms. The van der Waals surface area contributed by atoms with Crippen molar-refractivity contribution in [2.45, 2.75) is 0 Å². The van der Waals surface area contributed by atoms with E-state index < -0.39 is 23.5 Å². The van der Waals surface area contributed by atoms with Gasteiger partial charge in [-0.3, -0.25) is 4.79 Å². The molecule has 0 fully saturated rings. The molecule has 160 valence electrons. The van der Waals surface area contributed by atoms with E-state index in [0.717, 1.165) is 0 Å². The summed E-state index contributed by atoms with van der Waals surface area (Å²) in [5.41, 5.74) is 7.44. The number of nitrogen functional groups attached to an aromatic ring is 1. The highest BCUT2D eigenvalue weighted by molar-refractivity contribution is 6.33. The highest BCUT2D eigenvalue weighted by Gasteiger charge is 2.19. The number of methoxy groups -OCH3 is 1. The normalized spacial score (nSPS) is 10.8. The molecule has 0 radical (unpaired) electrons. The molecule has 3 N–H and O–H groups in total. The van der Waals surface area contributed by atoms with Gasteiger partial charge in [0, 0.05) is 0 Å². The number of ether oxygens (including phenoxy) is 2. The third-order valence-electron chi connectivity index (χ3n) is 3.73. The topological polar surface area (TPSA) is 142 Å². The van der Waals surface area contributed by atoms with Crippen molar-refractivity contribution in [3.63, 3.8) is 0 Å². The Labute approximate surface area is 177 Å². The maximum Gasteiger partial charge on any atom is 0.345 e. The largest absolute Gasteiger partial charge is 0.493 e. The van der Waals surface area contributed by atoms with E-state index in [4.69, 9.17) is 26.8 Å². The van der Waals surface area contributed by atoms with E-state index in [1.807, 2.05) is 0 Å². The van der Waals surface area contributed by atoms with Crippen LogP contribution >= 0.6 is 11.6 Å². The zero-order valence-electron chi connectivity index (χ0n) is 15.6. The van der Waals surface area contributed by atoms with Gasteiger partial charge in [-0.2, -0.15) is 5.10 Å². The number of hydrogen-bond donors (Lipinski definition) is 2. The molecular formula is C18H12ClF2N5O5. The summed E-state index contributed by atoms with van der Waals surface area (Å²) >= 11 is 5.78. The Morgan fingerprint density at radius 3 is 2.61 bits per heavy atom. The van der Waals surface area contributed by atoms with Crippen LogP contribution in [0.1, 0.15) is 26.4 Å². The average Bonchev–Trinajstić information content (AvgIpc) is 3.17. The second kappa shape index (κ2) is 9.17. The number of rotatable bonds is 6. The van der Waals surface area contributed by atoms with Gasteiger partial charge in [0.15, 0.2) is 23.1 Å². The van der Waals surface area contributed by atoms with Crippen molar-refractivity contribution in [2.75, 3.05) is 12.8 Å². The number of esters is 1. The number of nitrogens with zero attached hydrogens (tertiary/aromatic N) is 3. The number of carbonyl (C=O) groups is 2. The fourth-order valence-electron chi connectivity index (χ4n) is 2.25. The van der Waals surface area contributed by atoms with Crippen LogP contribution in [-0.4, -0.2) is 35.5 Å². The van der Waals surface area contributed by atoms with Crippen LogP contribution in [0.4, 0.5) is 14.6 Å². The molecule has 0 bridgehead atoms. The molecule has 13 heteroatoms. The smallest absolute Gasteiger partial charge is 0.345 e. The molecule has 10 nitrogen and oxygen atoms in total. The Hall–Kier alpha value is -4.06. The lowest BCUT2D eigenvalue weighted by atomic mass is 10.2. The summed E-state index contributed by atoms with van der Waals surface area (Å²) in [5.74, 6) is -4.30. The van der Waals surface area contributed by atoms with Crippen molar-refractivity contribution < 1.29 is 32.5 Å². The standard InChI is InChI=1S/C18H12ClF2N5O5/c1-29-14-4-8(7-23-24-17(27)15-16(22)26-31-25-15)2-3-13(14)30-18(28)9-5-11(20)12(21)6-10(9)19/h2-7H,1H3,(H2,22,26)(H,24,27). The van der Waals surface area contributed by atoms with Crippen molar-refractivity contribution in [1.82, 2.24) is 15.7 Å². The van der Waals surface area contributed by atoms with Crippen LogP contribution in [-0.2, 0) is 0 Å². The summed E-state index contributed by atoms with van der Waals surface area (Å²) in [4.78, 5) is 24.1. The van der Waals surface area contributed by atoms with Crippen LogP contribution in [0.25, 0.3) is 0 Å². The van der Waals surface area contributed by atoms with Gasteiger partial charge in [0.2, 0.25) is 11.5 Å². The van der Waals surface area contributed by atoms with Crippen molar-refractivity contribution in [3.05, 3.63) is 63.8 Å². The van der Waals surface area contributed by atoms with Gasteiger partial charge >= 0.3 is 5.97 Å². The Bertz CT molecular complexity index is 1180. The van der Waals surface area contributed by atoms with Crippen LogP contribution in [0.2, 0.25) is 5.02 Å². The minimum atomic E-state index is -1.25. The predicted molar refractivity (Wildman–Crippen MR) is 103 cm³/mol. The molecule has 3 aromatic rings. The molecule has 0 aliphatic heterocycles. The van der Waals surface area contributed by atoms with Gasteiger partial charge in [-0.15, -0.1) is 0 Å². The van der Waals surface area contributed by atoms with E-state index in [9.17, 15) is 18.4 Å². The number of carbonyl (C=O) groups excluding carboxylic acids is 2. The van der Waals surface area contributed by atoms with Gasteiger partial charge in [0.1, 0.15) is 0 Å². The van der Waals surface area contributed by atoms with E-state index in [1.54, 1.807) is 0 Å². The number of amides is 1. The second-order valence-electron chi connectivity index (χ2n) is 5.74. The molecule has 1 aromatic heterocycles. The number of aromatic nitrogens is 2. The van der Waals surface area contributed by atoms with E-state index >= 15 is 0 Å². The lowest BCUT2D eigenvalue weighted by Crippen LogP contribution is -2.19. The number of hydrogen-bond acceptors (Lipinski definition) is 9. The van der Waals surface area contributed by atoms with Crippen LogP contribution in [0, 0.1) is 11.6 Å². The van der Waals surface area contributed by atoms with Gasteiger partial charge in [0.25, 0.3) is 5.91 Å². The average molecular weight is 452 g/mol. The van der Waals surface area contributed by atoms with Crippen LogP contribution in [0.3, 0.4) is 0 Å². The Kier molecular flexibility index (Phi) is 6.40. The number of anilines is 1. The molecule has 31 heavy (non-hydrogen) atoms. The maximum absolute atomic E-state index is 13.4. The van der Waals surface area contributed by atoms with Gasteiger partial charge < -0.3 is 15.2 Å². The van der Waals surface area contributed by atoms with Crippen LogP contribution in [0.5, 0.6) is 11.5 Å². The Morgan fingerprint density at radius 2 is 1.94 bits per heavy atom. The maximum atomic E-state index is 13.4. The Morgan fingerprint density at radius 1 is 1.19 bits per heavy atom. The fourth-order valence-corrected chi connectivity index (χ4v) is 2.48.